The van der Waals surface area contributed by atoms with E-state index in [1.807, 2.05) is 0 Å². The highest BCUT2D eigenvalue weighted by molar-refractivity contribution is 6.06. The summed E-state index contributed by atoms with van der Waals surface area (Å²) in [5.74, 6) is -0.339. The van der Waals surface area contributed by atoms with Crippen molar-refractivity contribution in [3.63, 3.8) is 0 Å². The van der Waals surface area contributed by atoms with E-state index in [9.17, 15) is 14.0 Å². The first-order valence-corrected chi connectivity index (χ1v) is 6.65. The van der Waals surface area contributed by atoms with Crippen molar-refractivity contribution in [2.24, 2.45) is 0 Å². The van der Waals surface area contributed by atoms with Crippen molar-refractivity contribution in [2.75, 3.05) is 23.9 Å². The Labute approximate surface area is 126 Å². The van der Waals surface area contributed by atoms with E-state index in [0.717, 1.165) is 0 Å². The molecule has 0 aromatic heterocycles. The fourth-order valence-corrected chi connectivity index (χ4v) is 2.15. The van der Waals surface area contributed by atoms with Gasteiger partial charge in [-0.15, -0.1) is 0 Å². The third-order valence-electron chi connectivity index (χ3n) is 3.41. The first kappa shape index (κ1) is 14.1. The Morgan fingerprint density at radius 1 is 1.23 bits per heavy atom. The van der Waals surface area contributed by atoms with Crippen molar-refractivity contribution in [1.82, 2.24) is 0 Å². The fraction of sp³-hybridized carbons (Fsp3) is 0.125. The molecule has 0 spiro atoms. The number of fused-ring (bicyclic) bond motifs is 1. The maximum Gasteiger partial charge on any atom is 0.264 e. The highest BCUT2D eigenvalue weighted by Crippen LogP contribution is 2.32. The predicted molar refractivity (Wildman–Crippen MR) is 79.7 cm³/mol. The molecule has 2 aromatic carbocycles. The average Bonchev–Trinajstić information content (AvgIpc) is 2.53. The number of halogens is 1. The number of anilines is 2. The van der Waals surface area contributed by atoms with Crippen LogP contribution in [0, 0.1) is 5.82 Å². The zero-order chi connectivity index (χ0) is 15.7. The SMILES string of the molecule is CN1C(=O)COc2ccc(C(=O)Nc3ccc(F)cc3)cc21. The van der Waals surface area contributed by atoms with E-state index in [1.165, 1.54) is 29.2 Å². The number of carbonyl (C=O) groups excluding carboxylic acids is 2. The van der Waals surface area contributed by atoms with Gasteiger partial charge in [0.2, 0.25) is 0 Å². The molecule has 2 aromatic rings. The molecule has 0 unspecified atom stereocenters. The number of nitrogens with zero attached hydrogens (tertiary/aromatic N) is 1. The monoisotopic (exact) mass is 300 g/mol. The molecule has 0 atom stereocenters. The summed E-state index contributed by atoms with van der Waals surface area (Å²) in [4.78, 5) is 25.3. The zero-order valence-corrected chi connectivity index (χ0v) is 11.8. The van der Waals surface area contributed by atoms with Crippen LogP contribution in [0.2, 0.25) is 0 Å². The molecule has 0 radical (unpaired) electrons. The largest absolute Gasteiger partial charge is 0.482 e. The molecule has 1 aliphatic heterocycles. The second kappa shape index (κ2) is 5.48. The molecule has 1 heterocycles. The summed E-state index contributed by atoms with van der Waals surface area (Å²) in [7, 11) is 1.63. The van der Waals surface area contributed by atoms with Gasteiger partial charge in [0.25, 0.3) is 11.8 Å². The molecule has 0 saturated heterocycles. The predicted octanol–water partition coefficient (Wildman–Crippen LogP) is 2.43. The van der Waals surface area contributed by atoms with Crippen molar-refractivity contribution < 1.29 is 18.7 Å². The molecule has 112 valence electrons. The Morgan fingerprint density at radius 2 is 1.95 bits per heavy atom. The standard InChI is InChI=1S/C16H13FN2O3/c1-19-13-8-10(2-7-14(13)22-9-15(19)20)16(21)18-12-5-3-11(17)4-6-12/h2-8H,9H2,1H3,(H,18,21). The summed E-state index contributed by atoms with van der Waals surface area (Å²) >= 11 is 0. The van der Waals surface area contributed by atoms with E-state index in [-0.39, 0.29) is 24.2 Å². The van der Waals surface area contributed by atoms with E-state index in [2.05, 4.69) is 5.32 Å². The highest BCUT2D eigenvalue weighted by Gasteiger charge is 2.23. The van der Waals surface area contributed by atoms with E-state index in [1.54, 1.807) is 25.2 Å². The normalized spacial score (nSPS) is 13.4. The van der Waals surface area contributed by atoms with Crippen LogP contribution in [0.3, 0.4) is 0 Å². The molecule has 2 amide bonds. The first-order valence-electron chi connectivity index (χ1n) is 6.65. The number of carbonyl (C=O) groups is 2. The van der Waals surface area contributed by atoms with Crippen molar-refractivity contribution in [2.45, 2.75) is 0 Å². The van der Waals surface area contributed by atoms with Crippen LogP contribution >= 0.6 is 0 Å². The number of rotatable bonds is 2. The number of ether oxygens (including phenoxy) is 1. The number of likely N-dealkylation sites (N-methyl/N-ethyl adjacent to an activating group) is 1. The van der Waals surface area contributed by atoms with Gasteiger partial charge in [-0.3, -0.25) is 9.59 Å². The molecule has 1 aliphatic rings. The van der Waals surface area contributed by atoms with Gasteiger partial charge in [-0.25, -0.2) is 4.39 Å². The molecule has 1 N–H and O–H groups in total. The molecule has 3 rings (SSSR count). The summed E-state index contributed by atoms with van der Waals surface area (Å²) < 4.78 is 18.2. The molecule has 0 bridgehead atoms. The second-order valence-corrected chi connectivity index (χ2v) is 4.88. The number of nitrogens with one attached hydrogen (secondary N) is 1. The van der Waals surface area contributed by atoms with Crippen LogP contribution < -0.4 is 15.0 Å². The van der Waals surface area contributed by atoms with Crippen LogP contribution in [-0.2, 0) is 4.79 Å². The van der Waals surface area contributed by atoms with Gasteiger partial charge >= 0.3 is 0 Å². The van der Waals surface area contributed by atoms with E-state index < -0.39 is 0 Å². The van der Waals surface area contributed by atoms with Crippen molar-refractivity contribution in [1.29, 1.82) is 0 Å². The van der Waals surface area contributed by atoms with E-state index >= 15 is 0 Å². The van der Waals surface area contributed by atoms with Crippen LogP contribution in [-0.4, -0.2) is 25.5 Å². The first-order chi connectivity index (χ1) is 10.5. The average molecular weight is 300 g/mol. The molecule has 6 heteroatoms. The molecule has 0 fully saturated rings. The van der Waals surface area contributed by atoms with Crippen LogP contribution in [0.4, 0.5) is 15.8 Å². The Bertz CT molecular complexity index is 744. The molecule has 22 heavy (non-hydrogen) atoms. The lowest BCUT2D eigenvalue weighted by atomic mass is 10.1. The van der Waals surface area contributed by atoms with Crippen molar-refractivity contribution in [3.8, 4) is 5.75 Å². The van der Waals surface area contributed by atoms with Gasteiger partial charge in [0.1, 0.15) is 11.6 Å². The Hall–Kier alpha value is -2.89. The lowest BCUT2D eigenvalue weighted by Gasteiger charge is -2.26. The fourth-order valence-electron chi connectivity index (χ4n) is 2.15. The zero-order valence-electron chi connectivity index (χ0n) is 11.8. The van der Waals surface area contributed by atoms with Gasteiger partial charge in [0, 0.05) is 18.3 Å². The van der Waals surface area contributed by atoms with Gasteiger partial charge in [-0.05, 0) is 42.5 Å². The minimum absolute atomic E-state index is 0.00930. The Kier molecular flexibility index (Phi) is 3.50. The summed E-state index contributed by atoms with van der Waals surface area (Å²) in [5.41, 5.74) is 1.42. The Balaban J connectivity index is 1.84. The highest BCUT2D eigenvalue weighted by atomic mass is 19.1. The number of hydrogen-bond donors (Lipinski definition) is 1. The van der Waals surface area contributed by atoms with Gasteiger partial charge in [0.15, 0.2) is 6.61 Å². The second-order valence-electron chi connectivity index (χ2n) is 4.88. The minimum Gasteiger partial charge on any atom is -0.482 e. The van der Waals surface area contributed by atoms with Crippen molar-refractivity contribution in [3.05, 3.63) is 53.8 Å². The van der Waals surface area contributed by atoms with Crippen molar-refractivity contribution >= 4 is 23.2 Å². The molecule has 0 aliphatic carbocycles. The summed E-state index contributed by atoms with van der Waals surface area (Å²) in [6.07, 6.45) is 0. The van der Waals surface area contributed by atoms with Crippen LogP contribution in [0.25, 0.3) is 0 Å². The van der Waals surface area contributed by atoms with Gasteiger partial charge in [-0.2, -0.15) is 0 Å². The third kappa shape index (κ3) is 2.63. The lowest BCUT2D eigenvalue weighted by molar-refractivity contribution is -0.120. The van der Waals surface area contributed by atoms with Gasteiger partial charge in [0.05, 0.1) is 5.69 Å². The van der Waals surface area contributed by atoms with Gasteiger partial charge in [-0.1, -0.05) is 0 Å². The molecule has 5 nitrogen and oxygen atoms in total. The van der Waals surface area contributed by atoms with E-state index in [4.69, 9.17) is 4.74 Å². The van der Waals surface area contributed by atoms with Crippen LogP contribution in [0.5, 0.6) is 5.75 Å². The smallest absolute Gasteiger partial charge is 0.264 e. The maximum atomic E-state index is 12.9. The number of benzene rings is 2. The molecule has 0 saturated carbocycles. The van der Waals surface area contributed by atoms with Crippen LogP contribution in [0.1, 0.15) is 10.4 Å². The topological polar surface area (TPSA) is 58.6 Å². The molecular formula is C16H13FN2O3. The lowest BCUT2D eigenvalue weighted by Crippen LogP contribution is -2.35. The molecular weight excluding hydrogens is 287 g/mol. The quantitative estimate of drug-likeness (QED) is 0.926. The minimum atomic E-state index is -0.371. The summed E-state index contributed by atoms with van der Waals surface area (Å²) in [6.45, 7) is -0.00930. The number of hydrogen-bond acceptors (Lipinski definition) is 3. The number of amides is 2. The van der Waals surface area contributed by atoms with Crippen LogP contribution in [0.15, 0.2) is 42.5 Å². The maximum absolute atomic E-state index is 12.9. The van der Waals surface area contributed by atoms with Gasteiger partial charge < -0.3 is 15.0 Å². The third-order valence-corrected chi connectivity index (χ3v) is 3.41. The van der Waals surface area contributed by atoms with E-state index in [0.29, 0.717) is 22.7 Å². The Morgan fingerprint density at radius 3 is 2.68 bits per heavy atom. The summed E-state index contributed by atoms with van der Waals surface area (Å²) in [6, 6.07) is 10.3. The summed E-state index contributed by atoms with van der Waals surface area (Å²) in [5, 5.41) is 2.67.